The third-order valence-electron chi connectivity index (χ3n) is 3.95. The molecule has 3 rings (SSSR count). The highest BCUT2D eigenvalue weighted by molar-refractivity contribution is 6.31. The second-order valence-electron chi connectivity index (χ2n) is 5.40. The summed E-state index contributed by atoms with van der Waals surface area (Å²) in [6.07, 6.45) is 0.498. The van der Waals surface area contributed by atoms with Crippen molar-refractivity contribution in [2.45, 2.75) is 13.0 Å². The summed E-state index contributed by atoms with van der Waals surface area (Å²) < 4.78 is 28.8. The highest BCUT2D eigenvalue weighted by atomic mass is 35.5. The van der Waals surface area contributed by atoms with Crippen LogP contribution in [0.1, 0.15) is 21.6 Å². The van der Waals surface area contributed by atoms with Crippen molar-refractivity contribution in [2.75, 3.05) is 19.6 Å². The fraction of sp³-hybridized carbons (Fsp3) is 0.312. The van der Waals surface area contributed by atoms with E-state index in [0.29, 0.717) is 25.1 Å². The zero-order valence-corrected chi connectivity index (χ0v) is 13.4. The number of rotatable bonds is 4. The summed E-state index contributed by atoms with van der Waals surface area (Å²) in [5.74, 6) is -1.69. The van der Waals surface area contributed by atoms with Crippen LogP contribution in [0, 0.1) is 18.2 Å². The fourth-order valence-corrected chi connectivity index (χ4v) is 2.97. The van der Waals surface area contributed by atoms with Crippen molar-refractivity contribution in [1.29, 1.82) is 0 Å². The van der Waals surface area contributed by atoms with Gasteiger partial charge in [-0.3, -0.25) is 4.79 Å². The van der Waals surface area contributed by atoms with E-state index >= 15 is 0 Å². The molecule has 5 nitrogen and oxygen atoms in total. The minimum atomic E-state index is -0.690. The maximum Gasteiger partial charge on any atom is 0.274 e. The number of halogens is 3. The molecule has 1 aliphatic heterocycles. The van der Waals surface area contributed by atoms with Gasteiger partial charge in [0.05, 0.1) is 13.1 Å². The zero-order valence-electron chi connectivity index (χ0n) is 12.6. The van der Waals surface area contributed by atoms with Crippen molar-refractivity contribution in [2.24, 2.45) is 0 Å². The van der Waals surface area contributed by atoms with Gasteiger partial charge in [0, 0.05) is 17.7 Å². The number of hydrogen-bond donors (Lipinski definition) is 0. The van der Waals surface area contributed by atoms with Gasteiger partial charge in [0.25, 0.3) is 5.91 Å². The molecule has 0 N–H and O–H groups in total. The van der Waals surface area contributed by atoms with Crippen LogP contribution in [0.15, 0.2) is 18.2 Å². The predicted molar refractivity (Wildman–Crippen MR) is 83.8 cm³/mol. The van der Waals surface area contributed by atoms with Gasteiger partial charge in [-0.2, -0.15) is 5.10 Å². The summed E-state index contributed by atoms with van der Waals surface area (Å²) in [4.78, 5) is 17.2. The van der Waals surface area contributed by atoms with E-state index in [4.69, 9.17) is 18.2 Å². The first-order valence-corrected chi connectivity index (χ1v) is 7.71. The third-order valence-corrected chi connectivity index (χ3v) is 4.38. The number of aromatic nitrogens is 2. The van der Waals surface area contributed by atoms with E-state index in [9.17, 15) is 13.6 Å². The Balaban J connectivity index is 1.91. The molecule has 124 valence electrons. The smallest absolute Gasteiger partial charge is 0.274 e. The van der Waals surface area contributed by atoms with Crippen LogP contribution in [0.4, 0.5) is 8.78 Å². The summed E-state index contributed by atoms with van der Waals surface area (Å²) in [5, 5.41) is 4.36. The predicted octanol–water partition coefficient (Wildman–Crippen LogP) is 2.78. The Morgan fingerprint density at radius 2 is 2.04 bits per heavy atom. The Labute approximate surface area is 142 Å². The largest absolute Gasteiger partial charge is 0.329 e. The van der Waals surface area contributed by atoms with Crippen LogP contribution in [0.2, 0.25) is 5.15 Å². The van der Waals surface area contributed by atoms with E-state index in [2.05, 4.69) is 9.94 Å². The second-order valence-corrected chi connectivity index (χ2v) is 5.76. The molecule has 0 fully saturated rings. The van der Waals surface area contributed by atoms with Gasteiger partial charge in [-0.15, -0.1) is 0 Å². The standard InChI is InChI=1S/C16H13ClF2N4O/c1-20-6-8-22-7-5-10-14(16(22)24)21-23(15(10)17)9-11-12(18)3-2-4-13(11)19/h2-4H,5-9H2. The highest BCUT2D eigenvalue weighted by Crippen LogP contribution is 2.27. The maximum atomic E-state index is 13.8. The first kappa shape index (κ1) is 16.4. The minimum Gasteiger partial charge on any atom is -0.329 e. The molecule has 0 aliphatic carbocycles. The highest BCUT2D eigenvalue weighted by Gasteiger charge is 2.31. The van der Waals surface area contributed by atoms with Crippen LogP contribution >= 0.6 is 11.6 Å². The molecule has 1 aromatic carbocycles. The molecule has 0 spiro atoms. The quantitative estimate of drug-likeness (QED) is 0.796. The summed E-state index contributed by atoms with van der Waals surface area (Å²) in [6, 6.07) is 3.60. The van der Waals surface area contributed by atoms with Gasteiger partial charge in [0.15, 0.2) is 5.69 Å². The molecule has 0 saturated heterocycles. The Morgan fingerprint density at radius 3 is 2.71 bits per heavy atom. The molecule has 0 unspecified atom stereocenters. The van der Waals surface area contributed by atoms with Gasteiger partial charge in [-0.05, 0) is 18.6 Å². The van der Waals surface area contributed by atoms with E-state index < -0.39 is 11.6 Å². The molecule has 2 aromatic rings. The Hall–Kier alpha value is -2.46. The summed E-state index contributed by atoms with van der Waals surface area (Å²) in [6.45, 7) is 7.61. The van der Waals surface area contributed by atoms with Gasteiger partial charge in [-0.25, -0.2) is 20.0 Å². The molecule has 1 aliphatic rings. The van der Waals surface area contributed by atoms with E-state index in [1.54, 1.807) is 0 Å². The van der Waals surface area contributed by atoms with Crippen LogP contribution in [-0.2, 0) is 13.0 Å². The molecule has 1 aromatic heterocycles. The maximum absolute atomic E-state index is 13.8. The summed E-state index contributed by atoms with van der Waals surface area (Å²) >= 11 is 6.25. The Morgan fingerprint density at radius 1 is 1.33 bits per heavy atom. The summed E-state index contributed by atoms with van der Waals surface area (Å²) in [7, 11) is 0. The topological polar surface area (TPSA) is 42.5 Å². The van der Waals surface area contributed by atoms with Crippen molar-refractivity contribution in [1.82, 2.24) is 14.7 Å². The lowest BCUT2D eigenvalue weighted by atomic mass is 10.1. The van der Waals surface area contributed by atoms with Crippen LogP contribution in [0.25, 0.3) is 4.85 Å². The van der Waals surface area contributed by atoms with Crippen LogP contribution in [-0.4, -0.2) is 40.2 Å². The van der Waals surface area contributed by atoms with Gasteiger partial charge >= 0.3 is 0 Å². The first-order chi connectivity index (χ1) is 11.5. The van der Waals surface area contributed by atoms with Gasteiger partial charge in [-0.1, -0.05) is 17.7 Å². The molecular weight excluding hydrogens is 338 g/mol. The first-order valence-electron chi connectivity index (χ1n) is 7.33. The van der Waals surface area contributed by atoms with Crippen LogP contribution < -0.4 is 0 Å². The Kier molecular flexibility index (Phi) is 4.49. The number of fused-ring (bicyclic) bond motifs is 1. The van der Waals surface area contributed by atoms with E-state index in [1.807, 2.05) is 0 Å². The Bertz CT molecular complexity index is 823. The van der Waals surface area contributed by atoms with Gasteiger partial charge in [0.2, 0.25) is 6.54 Å². The fourth-order valence-electron chi connectivity index (χ4n) is 2.69. The monoisotopic (exact) mass is 350 g/mol. The van der Waals surface area contributed by atoms with Crippen molar-refractivity contribution in [3.05, 3.63) is 63.2 Å². The van der Waals surface area contributed by atoms with Crippen LogP contribution in [0.5, 0.6) is 0 Å². The van der Waals surface area contributed by atoms with Crippen molar-refractivity contribution in [3.63, 3.8) is 0 Å². The molecule has 2 heterocycles. The van der Waals surface area contributed by atoms with Gasteiger partial charge < -0.3 is 9.74 Å². The minimum absolute atomic E-state index is 0.156. The molecule has 1 amide bonds. The number of amides is 1. The van der Waals surface area contributed by atoms with E-state index in [1.165, 1.54) is 15.6 Å². The molecule has 8 heteroatoms. The molecule has 0 saturated carbocycles. The number of benzene rings is 1. The van der Waals surface area contributed by atoms with Crippen molar-refractivity contribution in [3.8, 4) is 0 Å². The lowest BCUT2D eigenvalue weighted by molar-refractivity contribution is 0.0741. The zero-order chi connectivity index (χ0) is 17.3. The van der Waals surface area contributed by atoms with Gasteiger partial charge in [0.1, 0.15) is 16.8 Å². The van der Waals surface area contributed by atoms with Crippen molar-refractivity contribution >= 4 is 17.5 Å². The number of nitrogens with zero attached hydrogens (tertiary/aromatic N) is 4. The number of carbonyl (C=O) groups excluding carboxylic acids is 1. The normalized spacial score (nSPS) is 13.8. The molecule has 24 heavy (non-hydrogen) atoms. The van der Waals surface area contributed by atoms with E-state index in [-0.39, 0.29) is 35.4 Å². The van der Waals surface area contributed by atoms with Crippen LogP contribution in [0.3, 0.4) is 0 Å². The van der Waals surface area contributed by atoms with Crippen molar-refractivity contribution < 1.29 is 13.6 Å². The van der Waals surface area contributed by atoms with E-state index in [0.717, 1.165) is 12.1 Å². The second kappa shape index (κ2) is 6.57. The number of hydrogen-bond acceptors (Lipinski definition) is 2. The summed E-state index contributed by atoms with van der Waals surface area (Å²) in [5.41, 5.74) is 0.613. The lowest BCUT2D eigenvalue weighted by Gasteiger charge is -2.23. The molecule has 0 atom stereocenters. The molecule has 0 bridgehead atoms. The number of carbonyl (C=O) groups is 1. The average molecular weight is 351 g/mol. The molecular formula is C16H13ClF2N4O. The SMILES string of the molecule is [C-]#[N+]CCN1CCc2c(nn(Cc3c(F)cccc3F)c2Cl)C1=O. The lowest BCUT2D eigenvalue weighted by Crippen LogP contribution is -2.39. The third kappa shape index (κ3) is 2.85. The molecule has 0 radical (unpaired) electrons. The average Bonchev–Trinajstić information content (AvgIpc) is 2.88.